The van der Waals surface area contributed by atoms with Crippen LogP contribution in [0.4, 0.5) is 0 Å². The van der Waals surface area contributed by atoms with E-state index in [1.807, 2.05) is 17.4 Å². The summed E-state index contributed by atoms with van der Waals surface area (Å²) in [6, 6.07) is 36.8. The van der Waals surface area contributed by atoms with Gasteiger partial charge in [0.05, 0.1) is 11.0 Å². The molecular weight excluding hydrogens is 448 g/mol. The third-order valence-corrected chi connectivity index (χ3v) is 8.06. The number of rotatable bonds is 2. The van der Waals surface area contributed by atoms with Crippen LogP contribution in [0.25, 0.3) is 69.9 Å². The lowest BCUT2D eigenvalue weighted by atomic mass is 10.0. The number of nitrogens with zero attached hydrogens (tertiary/aromatic N) is 2. The number of para-hydroxylation sites is 1. The fourth-order valence-corrected chi connectivity index (χ4v) is 6.51. The molecule has 0 aliphatic heterocycles. The highest BCUT2D eigenvalue weighted by molar-refractivity contribution is 7.25. The standard InChI is InChI=1S/C31H18N2OS/c1-2-8-19(9-3-1)23-14-20(15-26-31(23)34-18-32-26)33-27-12-6-4-10-21(27)24-17-30-25(16-28(24)33)22-11-5-7-13-29(22)35-30/h1-18H. The molecule has 3 heterocycles. The van der Waals surface area contributed by atoms with Crippen LogP contribution < -0.4 is 0 Å². The van der Waals surface area contributed by atoms with Gasteiger partial charge in [0.2, 0.25) is 0 Å². The molecule has 0 fully saturated rings. The number of thiophene rings is 1. The average Bonchev–Trinajstić information content (AvgIpc) is 3.61. The molecule has 8 aromatic rings. The molecule has 3 nitrogen and oxygen atoms in total. The predicted molar refractivity (Wildman–Crippen MR) is 147 cm³/mol. The van der Waals surface area contributed by atoms with Gasteiger partial charge in [-0.1, -0.05) is 66.7 Å². The first-order valence-corrected chi connectivity index (χ1v) is 12.4. The normalized spacial score (nSPS) is 12.0. The van der Waals surface area contributed by atoms with E-state index in [0.29, 0.717) is 0 Å². The van der Waals surface area contributed by atoms with Crippen molar-refractivity contribution in [1.29, 1.82) is 0 Å². The van der Waals surface area contributed by atoms with Crippen molar-refractivity contribution >= 4 is 64.4 Å². The van der Waals surface area contributed by atoms with Crippen LogP contribution in [0.15, 0.2) is 114 Å². The Kier molecular flexibility index (Phi) is 3.82. The molecule has 0 spiro atoms. The lowest BCUT2D eigenvalue weighted by molar-refractivity contribution is 0.603. The van der Waals surface area contributed by atoms with Crippen LogP contribution >= 0.6 is 11.3 Å². The van der Waals surface area contributed by atoms with E-state index in [9.17, 15) is 0 Å². The molecule has 0 amide bonds. The molecule has 0 unspecified atom stereocenters. The third-order valence-electron chi connectivity index (χ3n) is 6.93. The van der Waals surface area contributed by atoms with Gasteiger partial charge < -0.3 is 8.98 Å². The molecule has 8 rings (SSSR count). The zero-order chi connectivity index (χ0) is 22.9. The molecule has 0 saturated heterocycles. The summed E-state index contributed by atoms with van der Waals surface area (Å²) in [7, 11) is 0. The van der Waals surface area contributed by atoms with Gasteiger partial charge in [-0.05, 0) is 42.0 Å². The van der Waals surface area contributed by atoms with Crippen molar-refractivity contribution < 1.29 is 4.42 Å². The Hall–Kier alpha value is -4.41. The van der Waals surface area contributed by atoms with E-state index in [0.717, 1.165) is 27.9 Å². The molecule has 0 aliphatic rings. The number of fused-ring (bicyclic) bond motifs is 7. The van der Waals surface area contributed by atoms with Crippen molar-refractivity contribution in [2.75, 3.05) is 0 Å². The first-order valence-electron chi connectivity index (χ1n) is 11.6. The maximum absolute atomic E-state index is 5.83. The second-order valence-electron chi connectivity index (χ2n) is 8.88. The van der Waals surface area contributed by atoms with Crippen LogP contribution in [-0.2, 0) is 0 Å². The van der Waals surface area contributed by atoms with Crippen LogP contribution in [0, 0.1) is 0 Å². The minimum absolute atomic E-state index is 0.812. The van der Waals surface area contributed by atoms with Gasteiger partial charge in [0, 0.05) is 42.2 Å². The lowest BCUT2D eigenvalue weighted by Crippen LogP contribution is -1.95. The van der Waals surface area contributed by atoms with Crippen molar-refractivity contribution in [3.63, 3.8) is 0 Å². The van der Waals surface area contributed by atoms with E-state index in [-0.39, 0.29) is 0 Å². The van der Waals surface area contributed by atoms with Crippen molar-refractivity contribution in [3.05, 3.63) is 110 Å². The number of oxazole rings is 1. The van der Waals surface area contributed by atoms with Gasteiger partial charge in [-0.25, -0.2) is 4.98 Å². The number of benzene rings is 5. The monoisotopic (exact) mass is 466 g/mol. The lowest BCUT2D eigenvalue weighted by Gasteiger charge is -2.11. The van der Waals surface area contributed by atoms with Gasteiger partial charge in [-0.3, -0.25) is 0 Å². The van der Waals surface area contributed by atoms with E-state index in [4.69, 9.17) is 4.42 Å². The summed E-state index contributed by atoms with van der Waals surface area (Å²) in [4.78, 5) is 4.54. The molecule has 0 N–H and O–H groups in total. The van der Waals surface area contributed by atoms with E-state index in [2.05, 4.69) is 107 Å². The highest BCUT2D eigenvalue weighted by Gasteiger charge is 2.18. The molecule has 0 bridgehead atoms. The Bertz CT molecular complexity index is 2060. The van der Waals surface area contributed by atoms with Gasteiger partial charge in [0.1, 0.15) is 5.52 Å². The highest BCUT2D eigenvalue weighted by atomic mass is 32.1. The van der Waals surface area contributed by atoms with Crippen molar-refractivity contribution in [3.8, 4) is 16.8 Å². The van der Waals surface area contributed by atoms with E-state index in [1.54, 1.807) is 0 Å². The molecule has 3 aromatic heterocycles. The summed E-state index contributed by atoms with van der Waals surface area (Å²) in [5.41, 5.74) is 7.29. The maximum atomic E-state index is 5.83. The van der Waals surface area contributed by atoms with Crippen LogP contribution in [0.5, 0.6) is 0 Å². The Balaban J connectivity index is 1.52. The topological polar surface area (TPSA) is 31.0 Å². The first-order chi connectivity index (χ1) is 17.3. The third kappa shape index (κ3) is 2.69. The van der Waals surface area contributed by atoms with Crippen LogP contribution in [-0.4, -0.2) is 9.55 Å². The van der Waals surface area contributed by atoms with Crippen molar-refractivity contribution in [2.24, 2.45) is 0 Å². The molecule has 0 atom stereocenters. The fraction of sp³-hybridized carbons (Fsp3) is 0. The molecule has 0 aliphatic carbocycles. The Labute approximate surface area is 204 Å². The summed E-state index contributed by atoms with van der Waals surface area (Å²) in [5, 5.41) is 5.13. The van der Waals surface area contributed by atoms with E-state index in [1.165, 1.54) is 48.4 Å². The van der Waals surface area contributed by atoms with Gasteiger partial charge in [0.25, 0.3) is 0 Å². The van der Waals surface area contributed by atoms with Gasteiger partial charge in [0.15, 0.2) is 12.0 Å². The zero-order valence-corrected chi connectivity index (χ0v) is 19.4. The summed E-state index contributed by atoms with van der Waals surface area (Å²) < 4.78 is 10.8. The van der Waals surface area contributed by atoms with Gasteiger partial charge in [-0.2, -0.15) is 0 Å². The first kappa shape index (κ1) is 19.0. The Morgan fingerprint density at radius 2 is 1.43 bits per heavy atom. The molecule has 35 heavy (non-hydrogen) atoms. The smallest absolute Gasteiger partial charge is 0.182 e. The highest BCUT2D eigenvalue weighted by Crippen LogP contribution is 2.41. The van der Waals surface area contributed by atoms with Gasteiger partial charge >= 0.3 is 0 Å². The summed E-state index contributed by atoms with van der Waals surface area (Å²) in [5.74, 6) is 0. The summed E-state index contributed by atoms with van der Waals surface area (Å²) in [6.45, 7) is 0. The van der Waals surface area contributed by atoms with Crippen LogP contribution in [0.2, 0.25) is 0 Å². The molecule has 4 heteroatoms. The van der Waals surface area contributed by atoms with E-state index >= 15 is 0 Å². The predicted octanol–water partition coefficient (Wildman–Crippen LogP) is 8.96. The molecule has 5 aromatic carbocycles. The summed E-state index contributed by atoms with van der Waals surface area (Å²) in [6.07, 6.45) is 1.54. The minimum atomic E-state index is 0.812. The zero-order valence-electron chi connectivity index (χ0n) is 18.6. The second kappa shape index (κ2) is 7.05. The number of aromatic nitrogens is 2. The number of hydrogen-bond acceptors (Lipinski definition) is 3. The second-order valence-corrected chi connectivity index (χ2v) is 9.96. The average molecular weight is 467 g/mol. The maximum Gasteiger partial charge on any atom is 0.182 e. The van der Waals surface area contributed by atoms with Gasteiger partial charge in [-0.15, -0.1) is 11.3 Å². The molecule has 0 saturated carbocycles. The minimum Gasteiger partial charge on any atom is -0.443 e. The quantitative estimate of drug-likeness (QED) is 0.255. The SMILES string of the molecule is c1ccc(-c2cc(-n3c4ccccc4c4cc5sc6ccccc6c5cc43)cc3ncoc23)cc1. The summed E-state index contributed by atoms with van der Waals surface area (Å²) >= 11 is 1.86. The van der Waals surface area contributed by atoms with Crippen molar-refractivity contribution in [2.45, 2.75) is 0 Å². The van der Waals surface area contributed by atoms with Crippen LogP contribution in [0.1, 0.15) is 0 Å². The van der Waals surface area contributed by atoms with Crippen LogP contribution in [0.3, 0.4) is 0 Å². The largest absolute Gasteiger partial charge is 0.443 e. The fourth-order valence-electron chi connectivity index (χ4n) is 5.38. The molecule has 0 radical (unpaired) electrons. The molecule has 164 valence electrons. The number of hydrogen-bond donors (Lipinski definition) is 0. The van der Waals surface area contributed by atoms with Crippen molar-refractivity contribution in [1.82, 2.24) is 9.55 Å². The van der Waals surface area contributed by atoms with E-state index < -0.39 is 0 Å². The Morgan fingerprint density at radius 3 is 2.34 bits per heavy atom. The Morgan fingerprint density at radius 1 is 0.629 bits per heavy atom. The molecular formula is C31H18N2OS.